The highest BCUT2D eigenvalue weighted by Gasteiger charge is 2.15. The predicted octanol–water partition coefficient (Wildman–Crippen LogP) is 1.94. The van der Waals surface area contributed by atoms with Crippen molar-refractivity contribution in [2.45, 2.75) is 4.90 Å². The van der Waals surface area contributed by atoms with Gasteiger partial charge in [-0.2, -0.15) is 0 Å². The number of carbonyl (C=O) groups is 1. The zero-order chi connectivity index (χ0) is 18.7. The molecule has 9 heteroatoms. The number of benzene rings is 1. The lowest BCUT2D eigenvalue weighted by Gasteiger charge is -2.09. The lowest BCUT2D eigenvalue weighted by molar-refractivity contribution is 0.0695. The third kappa shape index (κ3) is 3.62. The lowest BCUT2D eigenvalue weighted by atomic mass is 10.1. The normalized spacial score (nSPS) is 11.1. The number of sulfonamides is 1. The first kappa shape index (κ1) is 17.4. The van der Waals surface area contributed by atoms with E-state index in [4.69, 9.17) is 5.11 Å². The number of nitrogens with zero attached hydrogens (tertiary/aromatic N) is 1. The van der Waals surface area contributed by atoms with E-state index < -0.39 is 21.6 Å². The summed E-state index contributed by atoms with van der Waals surface area (Å²) in [6.45, 7) is 0. The second kappa shape index (κ2) is 6.81. The Kier molecular flexibility index (Phi) is 4.55. The van der Waals surface area contributed by atoms with Gasteiger partial charge in [0.2, 0.25) is 0 Å². The van der Waals surface area contributed by atoms with Crippen LogP contribution in [0.3, 0.4) is 0 Å². The third-order valence-corrected chi connectivity index (χ3v) is 4.88. The maximum Gasteiger partial charge on any atom is 0.341 e. The van der Waals surface area contributed by atoms with Crippen LogP contribution < -0.4 is 10.3 Å². The molecule has 0 aliphatic heterocycles. The monoisotopic (exact) mass is 371 g/mol. The van der Waals surface area contributed by atoms with Crippen LogP contribution in [0.1, 0.15) is 10.4 Å². The number of anilines is 1. The third-order valence-electron chi connectivity index (χ3n) is 3.51. The summed E-state index contributed by atoms with van der Waals surface area (Å²) >= 11 is 0. The first-order chi connectivity index (χ1) is 12.4. The number of carboxylic acids is 1. The molecule has 3 aromatic rings. The molecule has 2 aromatic heterocycles. The minimum absolute atomic E-state index is 0.0182. The number of pyridine rings is 2. The van der Waals surface area contributed by atoms with Crippen molar-refractivity contribution in [2.24, 2.45) is 0 Å². The molecule has 0 amide bonds. The maximum absolute atomic E-state index is 12.3. The summed E-state index contributed by atoms with van der Waals surface area (Å²) in [5.41, 5.74) is 0.0564. The molecule has 0 aliphatic rings. The highest BCUT2D eigenvalue weighted by molar-refractivity contribution is 7.92. The summed E-state index contributed by atoms with van der Waals surface area (Å²) in [6.07, 6.45) is 2.70. The number of hydrogen-bond acceptors (Lipinski definition) is 5. The molecule has 0 saturated carbocycles. The summed E-state index contributed by atoms with van der Waals surface area (Å²) in [4.78, 5) is 29.0. The molecule has 132 valence electrons. The van der Waals surface area contributed by atoms with Gasteiger partial charge < -0.3 is 10.1 Å². The van der Waals surface area contributed by atoms with Gasteiger partial charge >= 0.3 is 5.97 Å². The van der Waals surface area contributed by atoms with E-state index in [2.05, 4.69) is 14.7 Å². The number of rotatable bonds is 5. The summed E-state index contributed by atoms with van der Waals surface area (Å²) in [7, 11) is -3.80. The molecule has 2 heterocycles. The SMILES string of the molecule is O=C(O)c1ccc(-c2cccc(NS(=O)(=O)c3cccnc3)c2)[nH]c1=O. The number of carboxylic acid groups (broad SMARTS) is 1. The molecule has 0 unspecified atom stereocenters. The van der Waals surface area contributed by atoms with Crippen LogP contribution in [0.2, 0.25) is 0 Å². The topological polar surface area (TPSA) is 129 Å². The van der Waals surface area contributed by atoms with Crippen LogP contribution in [-0.2, 0) is 10.0 Å². The minimum atomic E-state index is -3.80. The molecular weight excluding hydrogens is 358 g/mol. The van der Waals surface area contributed by atoms with Gasteiger partial charge in [-0.3, -0.25) is 14.5 Å². The van der Waals surface area contributed by atoms with Crippen LogP contribution in [0.5, 0.6) is 0 Å². The van der Waals surface area contributed by atoms with Crippen molar-refractivity contribution in [3.05, 3.63) is 76.8 Å². The molecule has 3 N–H and O–H groups in total. The van der Waals surface area contributed by atoms with Gasteiger partial charge in [0, 0.05) is 29.3 Å². The van der Waals surface area contributed by atoms with Gasteiger partial charge in [-0.05, 0) is 36.4 Å². The Morgan fingerprint density at radius 2 is 1.92 bits per heavy atom. The Morgan fingerprint density at radius 3 is 2.58 bits per heavy atom. The number of nitrogens with one attached hydrogen (secondary N) is 2. The molecule has 26 heavy (non-hydrogen) atoms. The summed E-state index contributed by atoms with van der Waals surface area (Å²) in [5.74, 6) is -1.32. The Hall–Kier alpha value is -3.46. The fourth-order valence-corrected chi connectivity index (χ4v) is 3.29. The first-order valence-corrected chi connectivity index (χ1v) is 8.85. The maximum atomic E-state index is 12.3. The summed E-state index contributed by atoms with van der Waals surface area (Å²) in [5, 5.41) is 8.91. The van der Waals surface area contributed by atoms with Crippen molar-refractivity contribution in [3.63, 3.8) is 0 Å². The minimum Gasteiger partial charge on any atom is -0.477 e. The predicted molar refractivity (Wildman–Crippen MR) is 94.5 cm³/mol. The van der Waals surface area contributed by atoms with Gasteiger partial charge in [0.15, 0.2) is 0 Å². The van der Waals surface area contributed by atoms with Gasteiger partial charge in [0.1, 0.15) is 10.5 Å². The fourth-order valence-electron chi connectivity index (χ4n) is 2.28. The average Bonchev–Trinajstić information content (AvgIpc) is 2.62. The molecule has 0 aliphatic carbocycles. The smallest absolute Gasteiger partial charge is 0.341 e. The van der Waals surface area contributed by atoms with E-state index in [0.29, 0.717) is 11.3 Å². The standard InChI is InChI=1S/C17H13N3O5S/c21-16-14(17(22)23)6-7-15(19-16)11-3-1-4-12(9-11)20-26(24,25)13-5-2-8-18-10-13/h1-10,20H,(H,19,21)(H,22,23). The Bertz CT molecular complexity index is 1120. The largest absolute Gasteiger partial charge is 0.477 e. The molecule has 8 nitrogen and oxygen atoms in total. The van der Waals surface area contributed by atoms with Crippen LogP contribution in [-0.4, -0.2) is 29.5 Å². The van der Waals surface area contributed by atoms with Gasteiger partial charge in [-0.15, -0.1) is 0 Å². The zero-order valence-electron chi connectivity index (χ0n) is 13.2. The van der Waals surface area contributed by atoms with E-state index in [-0.39, 0.29) is 16.1 Å². The molecule has 0 saturated heterocycles. The van der Waals surface area contributed by atoms with E-state index >= 15 is 0 Å². The van der Waals surface area contributed by atoms with Gasteiger partial charge in [-0.1, -0.05) is 12.1 Å². The molecular formula is C17H13N3O5S. The van der Waals surface area contributed by atoms with Crippen LogP contribution in [0.15, 0.2) is 70.6 Å². The van der Waals surface area contributed by atoms with Crippen molar-refractivity contribution in [1.82, 2.24) is 9.97 Å². The quantitative estimate of drug-likeness (QED) is 0.628. The highest BCUT2D eigenvalue weighted by Crippen LogP contribution is 2.22. The van der Waals surface area contributed by atoms with Crippen LogP contribution >= 0.6 is 0 Å². The van der Waals surface area contributed by atoms with Gasteiger partial charge in [0.25, 0.3) is 15.6 Å². The van der Waals surface area contributed by atoms with Crippen molar-refractivity contribution < 1.29 is 18.3 Å². The summed E-state index contributed by atoms with van der Waals surface area (Å²) in [6, 6.07) is 11.9. The zero-order valence-corrected chi connectivity index (χ0v) is 14.0. The number of hydrogen-bond donors (Lipinski definition) is 3. The van der Waals surface area contributed by atoms with E-state index in [9.17, 15) is 18.0 Å². The summed E-state index contributed by atoms with van der Waals surface area (Å²) < 4.78 is 27.1. The molecule has 0 fully saturated rings. The number of aromatic nitrogens is 2. The molecule has 0 spiro atoms. The molecule has 0 bridgehead atoms. The Labute approximate surface area is 148 Å². The van der Waals surface area contributed by atoms with Crippen molar-refractivity contribution in [1.29, 1.82) is 0 Å². The van der Waals surface area contributed by atoms with Crippen LogP contribution in [0, 0.1) is 0 Å². The van der Waals surface area contributed by atoms with Gasteiger partial charge in [0.05, 0.1) is 0 Å². The average molecular weight is 371 g/mol. The first-order valence-electron chi connectivity index (χ1n) is 7.37. The van der Waals surface area contributed by atoms with Crippen LogP contribution in [0.25, 0.3) is 11.3 Å². The van der Waals surface area contributed by atoms with E-state index in [1.54, 1.807) is 18.2 Å². The fraction of sp³-hybridized carbons (Fsp3) is 0. The number of H-pyrrole nitrogens is 1. The lowest BCUT2D eigenvalue weighted by Crippen LogP contribution is -2.17. The molecule has 0 radical (unpaired) electrons. The number of aromatic amines is 1. The highest BCUT2D eigenvalue weighted by atomic mass is 32.2. The molecule has 0 atom stereocenters. The van der Waals surface area contributed by atoms with E-state index in [1.165, 1.54) is 42.7 Å². The second-order valence-corrected chi connectivity index (χ2v) is 6.98. The van der Waals surface area contributed by atoms with Crippen molar-refractivity contribution in [2.75, 3.05) is 4.72 Å². The number of aromatic carboxylic acids is 1. The van der Waals surface area contributed by atoms with E-state index in [0.717, 1.165) is 0 Å². The van der Waals surface area contributed by atoms with Gasteiger partial charge in [-0.25, -0.2) is 13.2 Å². The van der Waals surface area contributed by atoms with E-state index in [1.807, 2.05) is 0 Å². The Morgan fingerprint density at radius 1 is 1.12 bits per heavy atom. The Balaban J connectivity index is 1.93. The molecule has 1 aromatic carbocycles. The van der Waals surface area contributed by atoms with Crippen molar-refractivity contribution >= 4 is 21.7 Å². The second-order valence-electron chi connectivity index (χ2n) is 5.29. The molecule has 3 rings (SSSR count). The van der Waals surface area contributed by atoms with Crippen LogP contribution in [0.4, 0.5) is 5.69 Å². The van der Waals surface area contributed by atoms with Crippen molar-refractivity contribution in [3.8, 4) is 11.3 Å².